The second-order valence-corrected chi connectivity index (χ2v) is 5.07. The van der Waals surface area contributed by atoms with E-state index in [0.717, 1.165) is 22.2 Å². The van der Waals surface area contributed by atoms with Crippen molar-refractivity contribution >= 4 is 28.2 Å². The number of nitrogens with zero attached hydrogens (tertiary/aromatic N) is 2. The summed E-state index contributed by atoms with van der Waals surface area (Å²) in [7, 11) is 0. The Balaban J connectivity index is 2.06. The lowest BCUT2D eigenvalue weighted by atomic mass is 10.1. The minimum atomic E-state index is -0.809. The number of rotatable bonds is 4. The smallest absolute Gasteiger partial charge is 0.307 e. The maximum atomic E-state index is 10.9. The summed E-state index contributed by atoms with van der Waals surface area (Å²) in [5.74, 6) is -0.809. The molecule has 0 amide bonds. The van der Waals surface area contributed by atoms with Crippen LogP contribution in [0.25, 0.3) is 10.9 Å². The van der Waals surface area contributed by atoms with Crippen LogP contribution in [0.1, 0.15) is 11.3 Å². The highest BCUT2D eigenvalue weighted by atomic mass is 32.1. The Bertz CT molecular complexity index is 716. The molecule has 3 aromatic rings. The van der Waals surface area contributed by atoms with Gasteiger partial charge in [-0.1, -0.05) is 18.2 Å². The van der Waals surface area contributed by atoms with Crippen LogP contribution in [0.2, 0.25) is 0 Å². The van der Waals surface area contributed by atoms with Crippen LogP contribution < -0.4 is 0 Å². The minimum absolute atomic E-state index is 0.0462. The third-order valence-electron chi connectivity index (χ3n) is 3.03. The Hall–Kier alpha value is -2.14. The Morgan fingerprint density at radius 2 is 2.21 bits per heavy atom. The second-order valence-electron chi connectivity index (χ2n) is 4.35. The molecule has 1 aromatic carbocycles. The average Bonchev–Trinajstić information content (AvgIpc) is 2.99. The van der Waals surface area contributed by atoms with Crippen molar-refractivity contribution in [1.29, 1.82) is 0 Å². The Kier molecular flexibility index (Phi) is 3.05. The van der Waals surface area contributed by atoms with Crippen molar-refractivity contribution in [1.82, 2.24) is 9.55 Å². The van der Waals surface area contributed by atoms with Gasteiger partial charge in [-0.25, -0.2) is 4.98 Å². The molecule has 0 radical (unpaired) electrons. The SMILES string of the molecule is O=C(O)Cc1cn(Cc2cscn2)c2ccccc12. The normalized spacial score (nSPS) is 10.9. The van der Waals surface area contributed by atoms with Crippen molar-refractivity contribution < 1.29 is 9.90 Å². The predicted molar refractivity (Wildman–Crippen MR) is 74.5 cm³/mol. The monoisotopic (exact) mass is 272 g/mol. The van der Waals surface area contributed by atoms with Crippen molar-refractivity contribution in [2.24, 2.45) is 0 Å². The van der Waals surface area contributed by atoms with Gasteiger partial charge in [-0.05, 0) is 11.6 Å². The van der Waals surface area contributed by atoms with E-state index >= 15 is 0 Å². The predicted octanol–water partition coefficient (Wildman–Crippen LogP) is 2.77. The lowest BCUT2D eigenvalue weighted by Crippen LogP contribution is -2.00. The Morgan fingerprint density at radius 3 is 2.95 bits per heavy atom. The highest BCUT2D eigenvalue weighted by Gasteiger charge is 2.11. The number of carboxylic acids is 1. The van der Waals surface area contributed by atoms with E-state index in [-0.39, 0.29) is 6.42 Å². The number of aliphatic carboxylic acids is 1. The lowest BCUT2D eigenvalue weighted by molar-refractivity contribution is -0.136. The van der Waals surface area contributed by atoms with Gasteiger partial charge in [0.05, 0.1) is 24.2 Å². The first-order valence-electron chi connectivity index (χ1n) is 5.89. The van der Waals surface area contributed by atoms with E-state index in [1.807, 2.05) is 35.8 Å². The van der Waals surface area contributed by atoms with Crippen LogP contribution in [-0.4, -0.2) is 20.6 Å². The van der Waals surface area contributed by atoms with Gasteiger partial charge < -0.3 is 9.67 Å². The number of fused-ring (bicyclic) bond motifs is 1. The van der Waals surface area contributed by atoms with Gasteiger partial charge >= 0.3 is 5.97 Å². The molecule has 96 valence electrons. The maximum absolute atomic E-state index is 10.9. The van der Waals surface area contributed by atoms with Crippen molar-refractivity contribution in [3.63, 3.8) is 0 Å². The number of thiazole rings is 1. The number of benzene rings is 1. The zero-order valence-electron chi connectivity index (χ0n) is 10.1. The Labute approximate surface area is 113 Å². The molecule has 0 spiro atoms. The van der Waals surface area contributed by atoms with Gasteiger partial charge in [-0.2, -0.15) is 0 Å². The first kappa shape index (κ1) is 11.9. The molecule has 0 saturated heterocycles. The molecule has 4 nitrogen and oxygen atoms in total. The zero-order valence-corrected chi connectivity index (χ0v) is 10.9. The summed E-state index contributed by atoms with van der Waals surface area (Å²) in [6.07, 6.45) is 1.96. The van der Waals surface area contributed by atoms with Crippen molar-refractivity contribution in [2.45, 2.75) is 13.0 Å². The van der Waals surface area contributed by atoms with Gasteiger partial charge in [0.2, 0.25) is 0 Å². The summed E-state index contributed by atoms with van der Waals surface area (Å²) >= 11 is 1.56. The van der Waals surface area contributed by atoms with E-state index in [9.17, 15) is 4.79 Å². The van der Waals surface area contributed by atoms with Crippen LogP contribution >= 0.6 is 11.3 Å². The quantitative estimate of drug-likeness (QED) is 0.794. The molecule has 5 heteroatoms. The highest BCUT2D eigenvalue weighted by Crippen LogP contribution is 2.22. The molecule has 0 unspecified atom stereocenters. The molecule has 3 rings (SSSR count). The topological polar surface area (TPSA) is 55.1 Å². The van der Waals surface area contributed by atoms with Crippen LogP contribution in [0.15, 0.2) is 41.4 Å². The zero-order chi connectivity index (χ0) is 13.2. The molecule has 0 aliphatic carbocycles. The van der Waals surface area contributed by atoms with Gasteiger partial charge in [0.15, 0.2) is 0 Å². The van der Waals surface area contributed by atoms with Crippen LogP contribution in [0.4, 0.5) is 0 Å². The number of aromatic nitrogens is 2. The summed E-state index contributed by atoms with van der Waals surface area (Å²) in [6.45, 7) is 0.670. The van der Waals surface area contributed by atoms with E-state index in [4.69, 9.17) is 5.11 Å². The van der Waals surface area contributed by atoms with E-state index < -0.39 is 5.97 Å². The summed E-state index contributed by atoms with van der Waals surface area (Å²) in [5, 5.41) is 12.0. The molecule has 0 fully saturated rings. The van der Waals surface area contributed by atoms with E-state index in [2.05, 4.69) is 9.55 Å². The van der Waals surface area contributed by atoms with E-state index in [1.54, 1.807) is 16.8 Å². The van der Waals surface area contributed by atoms with E-state index in [0.29, 0.717) is 6.54 Å². The fourth-order valence-corrected chi connectivity index (χ4v) is 2.80. The molecule has 0 bridgehead atoms. The van der Waals surface area contributed by atoms with Gasteiger partial charge in [0.25, 0.3) is 0 Å². The maximum Gasteiger partial charge on any atom is 0.307 e. The van der Waals surface area contributed by atoms with Crippen LogP contribution in [0, 0.1) is 0 Å². The molecule has 0 aliphatic heterocycles. The van der Waals surface area contributed by atoms with Gasteiger partial charge in [-0.15, -0.1) is 11.3 Å². The standard InChI is InChI=1S/C14H12N2O2S/c17-14(18)5-10-6-16(7-11-8-19-9-15-11)13-4-2-1-3-12(10)13/h1-4,6,8-9H,5,7H2,(H,17,18). The number of carbonyl (C=O) groups is 1. The largest absolute Gasteiger partial charge is 0.481 e. The Morgan fingerprint density at radius 1 is 1.37 bits per heavy atom. The van der Waals surface area contributed by atoms with Crippen molar-refractivity contribution in [3.8, 4) is 0 Å². The highest BCUT2D eigenvalue weighted by molar-refractivity contribution is 7.07. The molecule has 0 atom stereocenters. The molecule has 0 saturated carbocycles. The fourth-order valence-electron chi connectivity index (χ4n) is 2.25. The number of para-hydroxylation sites is 1. The third-order valence-corrected chi connectivity index (χ3v) is 3.66. The summed E-state index contributed by atoms with van der Waals surface area (Å²) < 4.78 is 2.06. The first-order chi connectivity index (χ1) is 9.24. The molecular formula is C14H12N2O2S. The number of hydrogen-bond acceptors (Lipinski definition) is 3. The molecular weight excluding hydrogens is 260 g/mol. The van der Waals surface area contributed by atoms with Crippen LogP contribution in [0.5, 0.6) is 0 Å². The van der Waals surface area contributed by atoms with Gasteiger partial charge in [0.1, 0.15) is 0 Å². The van der Waals surface area contributed by atoms with Crippen LogP contribution in [0.3, 0.4) is 0 Å². The summed E-state index contributed by atoms with van der Waals surface area (Å²) in [6, 6.07) is 7.86. The summed E-state index contributed by atoms with van der Waals surface area (Å²) in [5.41, 5.74) is 4.69. The molecule has 1 N–H and O–H groups in total. The number of carboxylic acid groups (broad SMARTS) is 1. The number of hydrogen-bond donors (Lipinski definition) is 1. The third kappa shape index (κ3) is 2.37. The average molecular weight is 272 g/mol. The fraction of sp³-hybridized carbons (Fsp3) is 0.143. The van der Waals surface area contributed by atoms with Crippen LogP contribution in [-0.2, 0) is 17.8 Å². The van der Waals surface area contributed by atoms with E-state index in [1.165, 1.54) is 0 Å². The van der Waals surface area contributed by atoms with Gasteiger partial charge in [0, 0.05) is 22.5 Å². The summed E-state index contributed by atoms with van der Waals surface area (Å²) in [4.78, 5) is 15.2. The second kappa shape index (κ2) is 4.85. The van der Waals surface area contributed by atoms with Crippen molar-refractivity contribution in [3.05, 3.63) is 52.6 Å². The lowest BCUT2D eigenvalue weighted by Gasteiger charge is -2.01. The molecule has 2 aromatic heterocycles. The molecule has 2 heterocycles. The minimum Gasteiger partial charge on any atom is -0.481 e. The van der Waals surface area contributed by atoms with Crippen molar-refractivity contribution in [2.75, 3.05) is 0 Å². The van der Waals surface area contributed by atoms with Gasteiger partial charge in [-0.3, -0.25) is 4.79 Å². The molecule has 0 aliphatic rings. The first-order valence-corrected chi connectivity index (χ1v) is 6.84. The molecule has 19 heavy (non-hydrogen) atoms.